The fraction of sp³-hybridized carbons (Fsp3) is 0.550. The number of halogens is 2. The monoisotopic (exact) mass is 442 g/mol. The third-order valence-corrected chi connectivity index (χ3v) is 4.57. The average Bonchev–Trinajstić information content (AvgIpc) is 2.66. The van der Waals surface area contributed by atoms with Crippen LogP contribution in [-0.2, 0) is 25.4 Å². The summed E-state index contributed by atoms with van der Waals surface area (Å²) in [5, 5.41) is 10.3. The Bertz CT molecular complexity index is 811. The number of carbonyl (C=O) groups excluding carboxylic acids is 3. The third kappa shape index (κ3) is 7.50. The van der Waals surface area contributed by atoms with Crippen LogP contribution in [0.4, 0.5) is 13.6 Å². The van der Waals surface area contributed by atoms with Crippen LogP contribution in [0, 0.1) is 0 Å². The smallest absolute Gasteiger partial charge is 0.526 e. The van der Waals surface area contributed by atoms with Gasteiger partial charge in [-0.15, -0.1) is 0 Å². The first-order chi connectivity index (χ1) is 14.5. The highest BCUT2D eigenvalue weighted by molar-refractivity contribution is 6.47. The fourth-order valence-electron chi connectivity index (χ4n) is 3.10. The zero-order valence-electron chi connectivity index (χ0n) is 17.6. The predicted octanol–water partition coefficient (Wildman–Crippen LogP) is 3.54. The molecule has 1 unspecified atom stereocenters. The van der Waals surface area contributed by atoms with E-state index >= 15 is 0 Å². The first kappa shape index (κ1) is 24.6. The second-order valence-electron chi connectivity index (χ2n) is 7.35. The topological polar surface area (TPSA) is 108 Å². The van der Waals surface area contributed by atoms with Crippen LogP contribution in [-0.4, -0.2) is 48.9 Å². The molecule has 1 heterocycles. The van der Waals surface area contributed by atoms with E-state index in [-0.39, 0.29) is 37.2 Å². The number of rotatable bonds is 9. The van der Waals surface area contributed by atoms with E-state index in [2.05, 4.69) is 4.74 Å². The Morgan fingerprint density at radius 1 is 1.32 bits per heavy atom. The van der Waals surface area contributed by atoms with Gasteiger partial charge in [-0.2, -0.15) is 0 Å². The highest BCUT2D eigenvalue weighted by Gasteiger charge is 2.38. The maximum Gasteiger partial charge on any atom is 0.526 e. The molecule has 0 saturated carbocycles. The Labute approximate surface area is 178 Å². The highest BCUT2D eigenvalue weighted by atomic mass is 19.3. The van der Waals surface area contributed by atoms with E-state index in [1.807, 2.05) is 0 Å². The summed E-state index contributed by atoms with van der Waals surface area (Å²) in [6, 6.07) is 4.65. The van der Waals surface area contributed by atoms with Crippen molar-refractivity contribution < 1.29 is 47.1 Å². The molecule has 0 amide bonds. The number of ketones is 1. The van der Waals surface area contributed by atoms with E-state index in [1.54, 1.807) is 19.1 Å². The van der Waals surface area contributed by atoms with Crippen LogP contribution in [0.1, 0.15) is 56.0 Å². The van der Waals surface area contributed by atoms with E-state index in [9.17, 15) is 28.2 Å². The van der Waals surface area contributed by atoms with Gasteiger partial charge >= 0.3 is 19.2 Å². The number of hydrogen-bond acceptors (Lipinski definition) is 8. The molecular formula is C20H25BF2O8. The van der Waals surface area contributed by atoms with E-state index in [0.717, 1.165) is 6.92 Å². The lowest BCUT2D eigenvalue weighted by Crippen LogP contribution is -2.36. The molecule has 2 atom stereocenters. The Kier molecular flexibility index (Phi) is 8.38. The number of fused-ring (bicyclic) bond motifs is 1. The summed E-state index contributed by atoms with van der Waals surface area (Å²) < 4.78 is 45.8. The van der Waals surface area contributed by atoms with Crippen LogP contribution in [0.25, 0.3) is 0 Å². The highest BCUT2D eigenvalue weighted by Crippen LogP contribution is 2.37. The minimum Gasteiger partial charge on any atom is -0.535 e. The molecule has 1 aromatic rings. The van der Waals surface area contributed by atoms with Gasteiger partial charge in [0.05, 0.1) is 6.61 Å². The molecule has 1 aromatic carbocycles. The maximum absolute atomic E-state index is 12.9. The number of alkyl halides is 2. The van der Waals surface area contributed by atoms with Crippen LogP contribution in [0.15, 0.2) is 18.2 Å². The summed E-state index contributed by atoms with van der Waals surface area (Å²) in [6.07, 6.45) is -2.99. The first-order valence-corrected chi connectivity index (χ1v) is 9.90. The van der Waals surface area contributed by atoms with Crippen LogP contribution in [0.2, 0.25) is 5.82 Å². The molecule has 0 bridgehead atoms. The van der Waals surface area contributed by atoms with Crippen molar-refractivity contribution in [3.05, 3.63) is 29.3 Å². The summed E-state index contributed by atoms with van der Waals surface area (Å²) in [5.41, 5.74) is 0.559. The van der Waals surface area contributed by atoms with Gasteiger partial charge in [-0.25, -0.2) is 18.4 Å². The molecule has 0 radical (unpaired) electrons. The molecule has 170 valence electrons. The van der Waals surface area contributed by atoms with Gasteiger partial charge in [0.25, 0.3) is 0 Å². The van der Waals surface area contributed by atoms with Crippen molar-refractivity contribution in [3.8, 4) is 5.75 Å². The number of para-hydroxylation sites is 1. The van der Waals surface area contributed by atoms with Gasteiger partial charge < -0.3 is 23.9 Å². The SMILES string of the molecule is CCOC(=O)OC(C)OC(=O)c1cccc2c1OB(O)[C@@H](CC(=O)CCC(C)(F)F)C2. The van der Waals surface area contributed by atoms with Crippen molar-refractivity contribution in [2.24, 2.45) is 0 Å². The Balaban J connectivity index is 2.03. The number of hydrogen-bond donors (Lipinski definition) is 1. The molecule has 31 heavy (non-hydrogen) atoms. The van der Waals surface area contributed by atoms with Crippen molar-refractivity contribution >= 4 is 25.0 Å². The minimum atomic E-state index is -2.94. The lowest BCUT2D eigenvalue weighted by Gasteiger charge is -2.28. The minimum absolute atomic E-state index is 0.00580. The predicted molar refractivity (Wildman–Crippen MR) is 105 cm³/mol. The number of esters is 1. The third-order valence-electron chi connectivity index (χ3n) is 4.57. The number of Topliss-reactive ketones (excluding diaryl/α,β-unsaturated/α-hetero) is 1. The Hall–Kier alpha value is -2.69. The lowest BCUT2D eigenvalue weighted by molar-refractivity contribution is -0.121. The Morgan fingerprint density at radius 3 is 2.68 bits per heavy atom. The van der Waals surface area contributed by atoms with Crippen LogP contribution in [0.5, 0.6) is 5.75 Å². The molecule has 8 nitrogen and oxygen atoms in total. The average molecular weight is 442 g/mol. The largest absolute Gasteiger partial charge is 0.535 e. The second kappa shape index (κ2) is 10.6. The van der Waals surface area contributed by atoms with E-state index in [0.29, 0.717) is 5.56 Å². The standard InChI is InChI=1S/C20H25BF2O8/c1-4-28-19(26)30-12(2)29-18(25)16-7-5-6-13-10-14(21(27)31-17(13)16)11-15(24)8-9-20(3,22)23/h5-7,12,14,27H,4,8-11H2,1-3H3/t12?,14-/m1/s1. The van der Waals surface area contributed by atoms with Crippen LogP contribution in [0.3, 0.4) is 0 Å². The zero-order valence-corrected chi connectivity index (χ0v) is 17.6. The molecule has 0 aliphatic carbocycles. The normalized spacial score (nSPS) is 16.6. The molecule has 0 saturated heterocycles. The molecule has 2 rings (SSSR count). The lowest BCUT2D eigenvalue weighted by atomic mass is 9.64. The van der Waals surface area contributed by atoms with E-state index in [4.69, 9.17) is 14.1 Å². The molecule has 1 aliphatic heterocycles. The van der Waals surface area contributed by atoms with Crippen molar-refractivity contribution in [2.45, 2.75) is 64.5 Å². The molecule has 11 heteroatoms. The summed E-state index contributed by atoms with van der Waals surface area (Å²) in [4.78, 5) is 35.8. The molecule has 0 fully saturated rings. The van der Waals surface area contributed by atoms with Gasteiger partial charge in [-0.05, 0) is 31.9 Å². The van der Waals surface area contributed by atoms with E-state index in [1.165, 1.54) is 13.0 Å². The number of benzene rings is 1. The van der Waals surface area contributed by atoms with Crippen molar-refractivity contribution in [1.82, 2.24) is 0 Å². The summed E-state index contributed by atoms with van der Waals surface area (Å²) in [5.74, 6) is -4.73. The Morgan fingerprint density at radius 2 is 2.03 bits per heavy atom. The quantitative estimate of drug-likeness (QED) is 0.352. The van der Waals surface area contributed by atoms with Gasteiger partial charge in [0.2, 0.25) is 12.2 Å². The van der Waals surface area contributed by atoms with Gasteiger partial charge in [0, 0.05) is 32.0 Å². The van der Waals surface area contributed by atoms with Gasteiger partial charge in [0.15, 0.2) is 0 Å². The summed E-state index contributed by atoms with van der Waals surface area (Å²) in [7, 11) is -1.40. The van der Waals surface area contributed by atoms with Crippen molar-refractivity contribution in [2.75, 3.05) is 6.61 Å². The molecule has 0 spiro atoms. The number of ether oxygens (including phenoxy) is 3. The van der Waals surface area contributed by atoms with E-state index < -0.39 is 49.5 Å². The first-order valence-electron chi connectivity index (χ1n) is 9.90. The van der Waals surface area contributed by atoms with Crippen molar-refractivity contribution in [3.63, 3.8) is 0 Å². The summed E-state index contributed by atoms with van der Waals surface area (Å²) in [6.45, 7) is 3.77. The van der Waals surface area contributed by atoms with Gasteiger partial charge in [0.1, 0.15) is 17.1 Å². The zero-order chi connectivity index (χ0) is 23.2. The molecular weight excluding hydrogens is 417 g/mol. The molecule has 0 aromatic heterocycles. The summed E-state index contributed by atoms with van der Waals surface area (Å²) >= 11 is 0. The van der Waals surface area contributed by atoms with Gasteiger partial charge in [-0.1, -0.05) is 12.1 Å². The maximum atomic E-state index is 12.9. The van der Waals surface area contributed by atoms with Crippen molar-refractivity contribution in [1.29, 1.82) is 0 Å². The van der Waals surface area contributed by atoms with Gasteiger partial charge in [-0.3, -0.25) is 4.79 Å². The molecule has 1 aliphatic rings. The van der Waals surface area contributed by atoms with Crippen LogP contribution < -0.4 is 4.65 Å². The molecule has 1 N–H and O–H groups in total. The number of carbonyl (C=O) groups is 3. The van der Waals surface area contributed by atoms with Crippen LogP contribution >= 0.6 is 0 Å². The second-order valence-corrected chi connectivity index (χ2v) is 7.35. The fourth-order valence-corrected chi connectivity index (χ4v) is 3.10.